The maximum atomic E-state index is 13.0. The predicted octanol–water partition coefficient (Wildman–Crippen LogP) is 3.76. The van der Waals surface area contributed by atoms with Crippen LogP contribution in [0.5, 0.6) is 5.88 Å². The maximum Gasteiger partial charge on any atom is 0.417 e. The lowest BCUT2D eigenvalue weighted by Gasteiger charge is -2.42. The number of ether oxygens (including phenoxy) is 5. The second-order valence-corrected chi connectivity index (χ2v) is 10.2. The topological polar surface area (TPSA) is 133 Å². The summed E-state index contributed by atoms with van der Waals surface area (Å²) in [5, 5.41) is 21.4. The molecule has 2 N–H and O–H groups in total. The van der Waals surface area contributed by atoms with Crippen LogP contribution in [0.2, 0.25) is 0 Å². The van der Waals surface area contributed by atoms with Crippen molar-refractivity contribution in [2.24, 2.45) is 0 Å². The Hall–Kier alpha value is -3.93. The zero-order valence-corrected chi connectivity index (χ0v) is 22.1. The van der Waals surface area contributed by atoms with Gasteiger partial charge in [0.1, 0.15) is 12.4 Å². The van der Waals surface area contributed by atoms with E-state index in [4.69, 9.17) is 23.7 Å². The molecule has 2 aromatic heterocycles. The number of methoxy groups -OCH3 is 1. The van der Waals surface area contributed by atoms with Crippen LogP contribution >= 0.6 is 0 Å². The second-order valence-electron chi connectivity index (χ2n) is 10.2. The van der Waals surface area contributed by atoms with Gasteiger partial charge >= 0.3 is 6.09 Å². The van der Waals surface area contributed by atoms with E-state index in [1.165, 1.54) is 24.5 Å². The van der Waals surface area contributed by atoms with E-state index in [0.717, 1.165) is 18.4 Å². The lowest BCUT2D eigenvalue weighted by molar-refractivity contribution is -0.179. The summed E-state index contributed by atoms with van der Waals surface area (Å²) in [7, 11) is 1.53. The highest BCUT2D eigenvalue weighted by Gasteiger charge is 2.55. The molecule has 1 amide bonds. The van der Waals surface area contributed by atoms with Crippen LogP contribution in [0.4, 0.5) is 4.79 Å². The molecule has 40 heavy (non-hydrogen) atoms. The van der Waals surface area contributed by atoms with Crippen LogP contribution in [0.25, 0.3) is 11.0 Å². The third-order valence-electron chi connectivity index (χ3n) is 7.73. The first-order chi connectivity index (χ1) is 19.5. The molecule has 5 heterocycles. The molecule has 4 atom stereocenters. The van der Waals surface area contributed by atoms with E-state index >= 15 is 0 Å². The molecule has 11 nitrogen and oxygen atoms in total. The summed E-state index contributed by atoms with van der Waals surface area (Å²) in [6.07, 6.45) is 10.8. The van der Waals surface area contributed by atoms with E-state index < -0.39 is 23.9 Å². The van der Waals surface area contributed by atoms with Crippen LogP contribution in [0.3, 0.4) is 0 Å². The van der Waals surface area contributed by atoms with Crippen molar-refractivity contribution < 1.29 is 38.7 Å². The third-order valence-corrected chi connectivity index (χ3v) is 7.73. The van der Waals surface area contributed by atoms with E-state index in [1.807, 2.05) is 12.2 Å². The molecule has 0 radical (unpaired) electrons. The number of rotatable bonds is 7. The van der Waals surface area contributed by atoms with Gasteiger partial charge in [-0.3, -0.25) is 4.98 Å². The van der Waals surface area contributed by atoms with E-state index in [1.54, 1.807) is 24.4 Å². The molecule has 0 saturated carbocycles. The number of carbonyl (C=O) groups excluding carboxylic acids is 1. The van der Waals surface area contributed by atoms with E-state index in [9.17, 15) is 15.0 Å². The lowest BCUT2D eigenvalue weighted by Crippen LogP contribution is -2.54. The molecule has 1 spiro atoms. The maximum absolute atomic E-state index is 13.0. The molecule has 4 aliphatic rings. The lowest BCUT2D eigenvalue weighted by atomic mass is 9.85. The molecule has 11 heteroatoms. The summed E-state index contributed by atoms with van der Waals surface area (Å²) < 4.78 is 28.8. The fourth-order valence-electron chi connectivity index (χ4n) is 5.60. The Bertz CT molecular complexity index is 1420. The van der Waals surface area contributed by atoms with Crippen LogP contribution in [-0.2, 0) is 18.9 Å². The number of aliphatic hydroxyl groups is 2. The Morgan fingerprint density at radius 3 is 2.98 bits per heavy atom. The van der Waals surface area contributed by atoms with Crippen molar-refractivity contribution in [1.29, 1.82) is 0 Å². The molecule has 0 unspecified atom stereocenters. The molecule has 6 rings (SSSR count). The van der Waals surface area contributed by atoms with Crippen LogP contribution in [0.15, 0.2) is 72.4 Å². The molecule has 210 valence electrons. The number of hydrogen-bond donors (Lipinski definition) is 2. The van der Waals surface area contributed by atoms with Crippen LogP contribution < -0.4 is 4.74 Å². The van der Waals surface area contributed by atoms with Gasteiger partial charge in [0.05, 0.1) is 43.5 Å². The van der Waals surface area contributed by atoms with Crippen LogP contribution in [0, 0.1) is 0 Å². The Morgan fingerprint density at radius 1 is 1.27 bits per heavy atom. The quantitative estimate of drug-likeness (QED) is 0.526. The second kappa shape index (κ2) is 10.9. The number of amides is 1. The Kier molecular flexibility index (Phi) is 7.18. The highest BCUT2D eigenvalue weighted by molar-refractivity contribution is 5.78. The summed E-state index contributed by atoms with van der Waals surface area (Å²) in [6, 6.07) is 5.24. The van der Waals surface area contributed by atoms with Crippen molar-refractivity contribution in [3.63, 3.8) is 0 Å². The van der Waals surface area contributed by atoms with Crippen LogP contribution in [-0.4, -0.2) is 69.2 Å². The van der Waals surface area contributed by atoms with Gasteiger partial charge in [-0.2, -0.15) is 0 Å². The minimum absolute atomic E-state index is 0.131. The van der Waals surface area contributed by atoms with Crippen molar-refractivity contribution in [2.75, 3.05) is 20.3 Å². The molecule has 2 saturated heterocycles. The molecule has 0 bridgehead atoms. The van der Waals surface area contributed by atoms with Crippen molar-refractivity contribution in [3.05, 3.63) is 77.9 Å². The highest BCUT2D eigenvalue weighted by atomic mass is 16.6. The normalized spacial score (nSPS) is 26.9. The first-order valence-corrected chi connectivity index (χ1v) is 13.3. The average Bonchev–Trinajstić information content (AvgIpc) is 3.34. The van der Waals surface area contributed by atoms with Gasteiger partial charge in [0.25, 0.3) is 0 Å². The summed E-state index contributed by atoms with van der Waals surface area (Å²) in [5.74, 6) is 1.19. The Morgan fingerprint density at radius 2 is 2.17 bits per heavy atom. The number of allylic oxidation sites excluding steroid dienone is 4. The number of nitrogens with zero attached hydrogens (tertiary/aromatic N) is 3. The Labute approximate surface area is 231 Å². The third kappa shape index (κ3) is 4.91. The van der Waals surface area contributed by atoms with Gasteiger partial charge in [-0.25, -0.2) is 14.7 Å². The summed E-state index contributed by atoms with van der Waals surface area (Å²) in [4.78, 5) is 23.2. The standard InChI is InChI=1S/C29H31N3O8/c1-36-25-8-7-21-27(31-25)20(10-12-30-21)22(34)13-19-9-11-29(24(14-33)38-19)17-32(28(35)40-29)26-16-37-15-23(39-26)18-5-3-2-4-6-18/h2-3,5,7-8,10,12,15-16,19,22,24,33-34H,4,6,9,11,13-14,17H2,1H3/t19-,22+,24-,29-/m0/s1. The van der Waals surface area contributed by atoms with E-state index in [2.05, 4.69) is 16.0 Å². The number of aliphatic hydroxyl groups excluding tert-OH is 2. The minimum Gasteiger partial charge on any atom is -0.481 e. The molecule has 2 fully saturated rings. The zero-order chi connectivity index (χ0) is 27.7. The number of aromatic nitrogens is 2. The molecule has 2 aromatic rings. The Balaban J connectivity index is 1.13. The summed E-state index contributed by atoms with van der Waals surface area (Å²) in [6.45, 7) is -0.224. The first-order valence-electron chi connectivity index (χ1n) is 13.3. The van der Waals surface area contributed by atoms with Gasteiger partial charge < -0.3 is 33.9 Å². The minimum atomic E-state index is -1.07. The van der Waals surface area contributed by atoms with Crippen molar-refractivity contribution in [1.82, 2.24) is 14.9 Å². The SMILES string of the molecule is COc1ccc2nccc([C@H](O)C[C@@H]3CC[C@]4(CN(C5=COC=C(C6=CC=CCC6)O5)C(=O)O4)[C@H](CO)O3)c2n1. The number of fused-ring (bicyclic) bond motifs is 1. The van der Waals surface area contributed by atoms with Crippen molar-refractivity contribution >= 4 is 17.1 Å². The summed E-state index contributed by atoms with van der Waals surface area (Å²) in [5.41, 5.74) is 1.72. The molecule has 3 aliphatic heterocycles. The average molecular weight is 550 g/mol. The number of pyridine rings is 2. The van der Waals surface area contributed by atoms with Gasteiger partial charge in [0.15, 0.2) is 17.6 Å². The molecular formula is C29H31N3O8. The van der Waals surface area contributed by atoms with E-state index in [0.29, 0.717) is 41.1 Å². The number of carbonyl (C=O) groups is 1. The summed E-state index contributed by atoms with van der Waals surface area (Å²) >= 11 is 0. The molecular weight excluding hydrogens is 518 g/mol. The number of hydrogen-bond acceptors (Lipinski definition) is 10. The van der Waals surface area contributed by atoms with E-state index in [-0.39, 0.29) is 31.6 Å². The highest BCUT2D eigenvalue weighted by Crippen LogP contribution is 2.42. The van der Waals surface area contributed by atoms with Crippen molar-refractivity contribution in [2.45, 2.75) is 56.0 Å². The first kappa shape index (κ1) is 26.3. The smallest absolute Gasteiger partial charge is 0.417 e. The zero-order valence-electron chi connectivity index (χ0n) is 22.1. The monoisotopic (exact) mass is 549 g/mol. The largest absolute Gasteiger partial charge is 0.481 e. The molecule has 0 aromatic carbocycles. The van der Waals surface area contributed by atoms with Gasteiger partial charge in [-0.1, -0.05) is 18.2 Å². The fourth-order valence-corrected chi connectivity index (χ4v) is 5.60. The van der Waals surface area contributed by atoms with Gasteiger partial charge in [0.2, 0.25) is 11.8 Å². The van der Waals surface area contributed by atoms with Gasteiger partial charge in [-0.05, 0) is 43.4 Å². The molecule has 1 aliphatic carbocycles. The fraction of sp³-hybridized carbons (Fsp3) is 0.414. The van der Waals surface area contributed by atoms with Crippen molar-refractivity contribution in [3.8, 4) is 5.88 Å². The van der Waals surface area contributed by atoms with Gasteiger partial charge in [0, 0.05) is 24.2 Å². The van der Waals surface area contributed by atoms with Crippen LogP contribution in [0.1, 0.15) is 43.8 Å². The van der Waals surface area contributed by atoms with Gasteiger partial charge in [-0.15, -0.1) is 0 Å². The predicted molar refractivity (Wildman–Crippen MR) is 141 cm³/mol.